The van der Waals surface area contributed by atoms with Gasteiger partial charge in [-0.1, -0.05) is 102 Å². The van der Waals surface area contributed by atoms with Gasteiger partial charge in [-0.05, 0) is 106 Å². The molecule has 9 N–H and O–H groups in total. The number of ether oxygens (including phenoxy) is 8. The molecule has 0 unspecified atom stereocenters. The van der Waals surface area contributed by atoms with Crippen molar-refractivity contribution in [1.82, 2.24) is 31.1 Å². The molecule has 3 aromatic carbocycles. The number of carbonyl (C=O) groups excluding carboxylic acids is 13. The summed E-state index contributed by atoms with van der Waals surface area (Å²) in [6, 6.07) is 17.1. The number of amides is 8. The van der Waals surface area contributed by atoms with Crippen LogP contribution >= 0.6 is 0 Å². The van der Waals surface area contributed by atoms with Crippen molar-refractivity contribution in [1.29, 1.82) is 0 Å². The Bertz CT molecular complexity index is 3840. The number of alkyl carbamates (subject to hydrolysis) is 1. The third-order valence-electron chi connectivity index (χ3n) is 20.4. The van der Waals surface area contributed by atoms with Crippen molar-refractivity contribution in [2.45, 2.75) is 213 Å². The Labute approximate surface area is 628 Å². The van der Waals surface area contributed by atoms with Gasteiger partial charge in [-0.2, -0.15) is 0 Å². The molecule has 1 aliphatic heterocycles. The Hall–Kier alpha value is -10.0. The Balaban J connectivity index is 1.12. The number of primary amides is 1. The van der Waals surface area contributed by atoms with Gasteiger partial charge >= 0.3 is 48.2 Å². The molecule has 31 heteroatoms. The first-order valence-corrected chi connectivity index (χ1v) is 36.1. The van der Waals surface area contributed by atoms with E-state index in [1.807, 2.05) is 0 Å². The number of hydrogen-bond donors (Lipinski definition) is 8. The molecule has 108 heavy (non-hydrogen) atoms. The van der Waals surface area contributed by atoms with E-state index in [0.717, 1.165) is 23.6 Å². The standard InChI is InChI=1S/C77H104N8O23/c1-42(2)52(88)29-22-30-56(90)82-58(43(3)4)66(93)81-51(28-23-35-79-69(78)96)65(92)80-50-33-31-47(32-34-50)40-101-71(98)84(14)36-37-85(15)72(99)105-61(59(48-24-18-16-19-25-48)83-70(97)108-73(8,9)10)68(95)104-53-39-77(100)64(106-67(94)49-26-20-17-21-27-49)62-75(13,54(89)38-55-76(62,41-102-55)107-46(7)87)63(91)60(103-45(6)86)57(44(53)5)74(77,11)12/h16-21,24-27,31-34,42-43,51,53-55,58-62,64,89,100H,22-23,28-30,35-41H2,1-15H3,(H,80,92)(H,81,93)(H,82,90)(H,83,97)(H3,78,79,96)/t51-,53-,54-,55+,58-,59-,60+,61+,62-,64-,75+,76-,77+/m0/s1. The maximum Gasteiger partial charge on any atom is 0.410 e. The van der Waals surface area contributed by atoms with Gasteiger partial charge in [-0.25, -0.2) is 28.8 Å². The summed E-state index contributed by atoms with van der Waals surface area (Å²) in [5, 5.41) is 39.8. The summed E-state index contributed by atoms with van der Waals surface area (Å²) in [7, 11) is 2.69. The number of ketones is 2. The molecule has 590 valence electrons. The molecule has 13 atom stereocenters. The van der Waals surface area contributed by atoms with Crippen molar-refractivity contribution in [3.63, 3.8) is 0 Å². The third-order valence-corrected chi connectivity index (χ3v) is 20.4. The van der Waals surface area contributed by atoms with Crippen LogP contribution in [-0.2, 0) is 82.9 Å². The summed E-state index contributed by atoms with van der Waals surface area (Å²) < 4.78 is 48.4. The van der Waals surface area contributed by atoms with Gasteiger partial charge in [0, 0.05) is 90.3 Å². The van der Waals surface area contributed by atoms with E-state index in [-0.39, 0.29) is 92.3 Å². The number of nitrogens with two attached hydrogens (primary N) is 1. The molecule has 7 rings (SSSR count). The number of aliphatic hydroxyl groups excluding tert-OH is 1. The minimum atomic E-state index is -2.58. The molecule has 0 aromatic heterocycles. The average Bonchev–Trinajstić information content (AvgIpc) is 0.668. The van der Waals surface area contributed by atoms with E-state index in [1.54, 1.807) is 97.0 Å². The highest BCUT2D eigenvalue weighted by Gasteiger charge is 2.78. The number of hydrogen-bond acceptors (Lipinski definition) is 23. The highest BCUT2D eigenvalue weighted by molar-refractivity contribution is 5.99. The molecule has 3 fully saturated rings. The van der Waals surface area contributed by atoms with Gasteiger partial charge < -0.3 is 90.2 Å². The van der Waals surface area contributed by atoms with Crippen LogP contribution in [0.25, 0.3) is 0 Å². The van der Waals surface area contributed by atoms with Crippen LogP contribution in [-0.4, -0.2) is 203 Å². The first kappa shape index (κ1) is 85.2. The minimum absolute atomic E-state index is 0.00978. The first-order valence-electron chi connectivity index (χ1n) is 36.1. The van der Waals surface area contributed by atoms with E-state index < -0.39 is 179 Å². The summed E-state index contributed by atoms with van der Waals surface area (Å²) in [5.41, 5.74) is -3.49. The zero-order valence-corrected chi connectivity index (χ0v) is 63.9. The fourth-order valence-electron chi connectivity index (χ4n) is 14.3. The van der Waals surface area contributed by atoms with Crippen LogP contribution in [0.3, 0.4) is 0 Å². The maximum absolute atomic E-state index is 16.0. The van der Waals surface area contributed by atoms with Gasteiger partial charge in [-0.15, -0.1) is 0 Å². The topological polar surface area (TPSA) is 429 Å². The SMILES string of the molecule is CC(=O)O[C@H]1C(=O)[C@@]2(C)[C@H]([C@H](OC(=O)c3ccccc3)[C@]3(O)C[C@H](OC(=O)[C@H](OC(=O)N(C)CCN(C)C(=O)OCc4ccc(NC(=O)[C@H](CCCNC(N)=O)NC(=O)[C@@H](NC(=O)CCCC(=O)C(C)C)C(C)C)cc4)[C@@H](NC(=O)OC(C)(C)C)c4ccccc4)C(C)=C1C3(C)C)[C@]1(OC(C)=O)CO[C@@H]1C[C@@H]2O. The first-order chi connectivity index (χ1) is 50.6. The van der Waals surface area contributed by atoms with E-state index in [9.17, 15) is 63.0 Å². The highest BCUT2D eigenvalue weighted by Crippen LogP contribution is 2.64. The number of anilines is 1. The Kier molecular flexibility index (Phi) is 28.3. The molecule has 1 saturated heterocycles. The van der Waals surface area contributed by atoms with Crippen LogP contribution in [0.15, 0.2) is 96.1 Å². The van der Waals surface area contributed by atoms with E-state index >= 15 is 9.59 Å². The average molecular weight is 1510 g/mol. The maximum atomic E-state index is 16.0. The van der Waals surface area contributed by atoms with Crippen LogP contribution in [0.4, 0.5) is 24.9 Å². The lowest BCUT2D eigenvalue weighted by atomic mass is 9.44. The van der Waals surface area contributed by atoms with E-state index in [2.05, 4.69) is 26.6 Å². The predicted molar refractivity (Wildman–Crippen MR) is 387 cm³/mol. The number of likely N-dealkylation sites (N-methyl/N-ethyl adjacent to an activating group) is 2. The number of carbonyl (C=O) groups is 13. The predicted octanol–water partition coefficient (Wildman–Crippen LogP) is 6.58. The van der Waals surface area contributed by atoms with Crippen molar-refractivity contribution in [2.75, 3.05) is 45.7 Å². The zero-order valence-electron chi connectivity index (χ0n) is 63.9. The fourth-order valence-corrected chi connectivity index (χ4v) is 14.3. The number of urea groups is 1. The minimum Gasteiger partial charge on any atom is -0.455 e. The molecule has 4 aliphatic rings. The van der Waals surface area contributed by atoms with Gasteiger partial charge in [0.2, 0.25) is 23.8 Å². The fraction of sp³-hybridized carbons (Fsp3) is 0.571. The van der Waals surface area contributed by atoms with Crippen LogP contribution in [0, 0.1) is 28.6 Å². The molecular weight excluding hydrogens is 1400 g/mol. The number of benzene rings is 3. The smallest absolute Gasteiger partial charge is 0.410 e. The summed E-state index contributed by atoms with van der Waals surface area (Å²) in [4.78, 5) is 181. The molecule has 3 aliphatic carbocycles. The molecule has 1 heterocycles. The van der Waals surface area contributed by atoms with E-state index in [1.165, 1.54) is 78.2 Å². The quantitative estimate of drug-likeness (QED) is 0.0151. The van der Waals surface area contributed by atoms with Crippen molar-refractivity contribution in [2.24, 2.45) is 34.3 Å². The Morgan fingerprint density at radius 1 is 0.759 bits per heavy atom. The zero-order chi connectivity index (χ0) is 80.1. The monoisotopic (exact) mass is 1510 g/mol. The van der Waals surface area contributed by atoms with Crippen molar-refractivity contribution >= 4 is 83.2 Å². The van der Waals surface area contributed by atoms with Gasteiger partial charge in [0.15, 0.2) is 17.5 Å². The van der Waals surface area contributed by atoms with Crippen molar-refractivity contribution < 1.29 is 110 Å². The van der Waals surface area contributed by atoms with Crippen molar-refractivity contribution in [3.8, 4) is 0 Å². The molecule has 31 nitrogen and oxygen atoms in total. The highest BCUT2D eigenvalue weighted by atomic mass is 16.6. The van der Waals surface area contributed by atoms with E-state index in [0.29, 0.717) is 17.7 Å². The molecule has 8 amide bonds. The molecule has 0 radical (unpaired) electrons. The summed E-state index contributed by atoms with van der Waals surface area (Å²) in [6.07, 6.45) is -13.9. The Morgan fingerprint density at radius 2 is 1.38 bits per heavy atom. The molecule has 3 aromatic rings. The van der Waals surface area contributed by atoms with E-state index in [4.69, 9.17) is 43.6 Å². The summed E-state index contributed by atoms with van der Waals surface area (Å²) in [6.45, 7) is 18.7. The number of nitrogens with one attached hydrogen (secondary N) is 5. The molecule has 0 spiro atoms. The number of esters is 4. The summed E-state index contributed by atoms with van der Waals surface area (Å²) >= 11 is 0. The lowest BCUT2D eigenvalue weighted by Crippen LogP contribution is -2.82. The third kappa shape index (κ3) is 20.2. The van der Waals surface area contributed by atoms with Gasteiger partial charge in [0.05, 0.1) is 29.6 Å². The largest absolute Gasteiger partial charge is 0.455 e. The molecule has 2 bridgehead atoms. The molecular formula is C77H104N8O23. The lowest BCUT2D eigenvalue weighted by Gasteiger charge is -2.67. The van der Waals surface area contributed by atoms with Crippen molar-refractivity contribution in [3.05, 3.63) is 113 Å². The van der Waals surface area contributed by atoms with Gasteiger partial charge in [-0.3, -0.25) is 33.6 Å². The van der Waals surface area contributed by atoms with Gasteiger partial charge in [0.1, 0.15) is 60.0 Å². The number of aliphatic hydroxyl groups is 2. The Morgan fingerprint density at radius 3 is 1.94 bits per heavy atom. The number of Topliss-reactive ketones (excluding diaryl/α,β-unsaturated/α-hetero) is 2. The lowest BCUT2D eigenvalue weighted by molar-refractivity contribution is -0.346. The normalized spacial score (nSPS) is 23.7. The second-order valence-electron chi connectivity index (χ2n) is 30.4. The van der Waals surface area contributed by atoms with Crippen LogP contribution in [0.5, 0.6) is 0 Å². The van der Waals surface area contributed by atoms with Crippen LogP contribution in [0.2, 0.25) is 0 Å². The summed E-state index contributed by atoms with van der Waals surface area (Å²) in [5.74, 6) is -9.12. The van der Waals surface area contributed by atoms with Gasteiger partial charge in [0.25, 0.3) is 0 Å². The number of rotatable bonds is 30. The van der Waals surface area contributed by atoms with Crippen LogP contribution in [0.1, 0.15) is 162 Å². The molecule has 2 saturated carbocycles. The van der Waals surface area contributed by atoms with Crippen LogP contribution < -0.4 is 32.3 Å². The number of fused-ring (bicyclic) bond motifs is 5. The number of nitrogens with zero attached hydrogens (tertiary/aromatic N) is 2. The second kappa shape index (κ2) is 35.8. The second-order valence-corrected chi connectivity index (χ2v) is 30.4.